The molecule has 2 aromatic carbocycles. The Balaban J connectivity index is 1.94. The third-order valence-corrected chi connectivity index (χ3v) is 6.21. The van der Waals surface area contributed by atoms with Crippen molar-refractivity contribution < 1.29 is 18.4 Å². The first-order chi connectivity index (χ1) is 13.9. The molecule has 0 unspecified atom stereocenters. The summed E-state index contributed by atoms with van der Waals surface area (Å²) in [6.07, 6.45) is 3.22. The van der Waals surface area contributed by atoms with Gasteiger partial charge in [-0.15, -0.1) is 0 Å². The summed E-state index contributed by atoms with van der Waals surface area (Å²) in [6.45, 7) is 0.187. The molecule has 0 radical (unpaired) electrons. The largest absolute Gasteiger partial charge is 0.288 e. The minimum absolute atomic E-state index is 0.0742. The minimum atomic E-state index is -3.85. The number of hydroxylamine groups is 1. The number of nitrogens with zero attached hydrogens (tertiary/aromatic N) is 2. The zero-order valence-corrected chi connectivity index (χ0v) is 16.8. The molecule has 0 atom stereocenters. The van der Waals surface area contributed by atoms with Crippen LogP contribution in [-0.2, 0) is 23.1 Å². The standard InChI is InChI=1S/C20H18ClN3O4S/c21-18-4-1-5-19(11-18)29(27,28)24(14-16-3-2-10-22-12-16)13-15-6-8-17(9-7-15)20(25)23-26/h1-12,26H,13-14H2,(H,23,25). The van der Waals surface area contributed by atoms with Crippen molar-refractivity contribution in [2.75, 3.05) is 0 Å². The lowest BCUT2D eigenvalue weighted by molar-refractivity contribution is 0.0706. The molecule has 2 N–H and O–H groups in total. The van der Waals surface area contributed by atoms with Crippen LogP contribution in [0.25, 0.3) is 0 Å². The van der Waals surface area contributed by atoms with E-state index in [1.165, 1.54) is 28.6 Å². The van der Waals surface area contributed by atoms with E-state index in [2.05, 4.69) is 4.98 Å². The van der Waals surface area contributed by atoms with Crippen LogP contribution >= 0.6 is 11.6 Å². The highest BCUT2D eigenvalue weighted by Crippen LogP contribution is 2.23. The third kappa shape index (κ3) is 5.18. The molecule has 1 aromatic heterocycles. The zero-order valence-electron chi connectivity index (χ0n) is 15.2. The highest BCUT2D eigenvalue weighted by Gasteiger charge is 2.25. The van der Waals surface area contributed by atoms with Crippen LogP contribution in [0.4, 0.5) is 0 Å². The van der Waals surface area contributed by atoms with E-state index in [-0.39, 0.29) is 23.5 Å². The fraction of sp³-hybridized carbons (Fsp3) is 0.100. The summed E-state index contributed by atoms with van der Waals surface area (Å²) >= 11 is 5.99. The number of pyridine rings is 1. The summed E-state index contributed by atoms with van der Waals surface area (Å²) in [5.41, 5.74) is 3.22. The quantitative estimate of drug-likeness (QED) is 0.442. The second kappa shape index (κ2) is 9.15. The Morgan fingerprint density at radius 2 is 1.76 bits per heavy atom. The number of aromatic nitrogens is 1. The highest BCUT2D eigenvalue weighted by atomic mass is 35.5. The number of hydrogen-bond acceptors (Lipinski definition) is 5. The monoisotopic (exact) mass is 431 g/mol. The summed E-state index contributed by atoms with van der Waals surface area (Å²) < 4.78 is 27.8. The Morgan fingerprint density at radius 1 is 1.03 bits per heavy atom. The van der Waals surface area contributed by atoms with Crippen LogP contribution < -0.4 is 5.48 Å². The molecule has 1 amide bonds. The van der Waals surface area contributed by atoms with Crippen LogP contribution in [0.1, 0.15) is 21.5 Å². The Hall–Kier alpha value is -2.78. The van der Waals surface area contributed by atoms with Gasteiger partial charge in [0.25, 0.3) is 5.91 Å². The first kappa shape index (κ1) is 20.9. The van der Waals surface area contributed by atoms with E-state index in [9.17, 15) is 13.2 Å². The van der Waals surface area contributed by atoms with Crippen molar-refractivity contribution >= 4 is 27.5 Å². The Morgan fingerprint density at radius 3 is 2.38 bits per heavy atom. The lowest BCUT2D eigenvalue weighted by Gasteiger charge is -2.22. The molecule has 150 valence electrons. The number of hydrogen-bond donors (Lipinski definition) is 2. The molecule has 7 nitrogen and oxygen atoms in total. The van der Waals surface area contributed by atoms with Crippen LogP contribution in [-0.4, -0.2) is 28.8 Å². The number of amides is 1. The van der Waals surface area contributed by atoms with E-state index in [0.717, 1.165) is 5.56 Å². The molecule has 0 saturated carbocycles. The van der Waals surface area contributed by atoms with E-state index < -0.39 is 15.9 Å². The Bertz CT molecular complexity index is 1090. The maximum absolute atomic E-state index is 13.3. The lowest BCUT2D eigenvalue weighted by Crippen LogP contribution is -2.30. The van der Waals surface area contributed by atoms with Crippen molar-refractivity contribution in [2.45, 2.75) is 18.0 Å². The van der Waals surface area contributed by atoms with Crippen LogP contribution in [0.5, 0.6) is 0 Å². The number of carbonyl (C=O) groups excluding carboxylic acids is 1. The van der Waals surface area contributed by atoms with Gasteiger partial charge in [0.1, 0.15) is 0 Å². The van der Waals surface area contributed by atoms with Crippen molar-refractivity contribution in [3.63, 3.8) is 0 Å². The number of halogens is 1. The summed E-state index contributed by atoms with van der Waals surface area (Å²) in [5, 5.41) is 9.04. The van der Waals surface area contributed by atoms with Crippen LogP contribution in [0.15, 0.2) is 78.0 Å². The molecule has 1 heterocycles. The lowest BCUT2D eigenvalue weighted by atomic mass is 10.1. The van der Waals surface area contributed by atoms with Gasteiger partial charge in [0.15, 0.2) is 0 Å². The number of nitrogens with one attached hydrogen (secondary N) is 1. The molecule has 0 aliphatic heterocycles. The van der Waals surface area contributed by atoms with E-state index in [0.29, 0.717) is 10.6 Å². The van der Waals surface area contributed by atoms with Gasteiger partial charge in [0.05, 0.1) is 4.90 Å². The first-order valence-corrected chi connectivity index (χ1v) is 10.4. The van der Waals surface area contributed by atoms with Gasteiger partial charge in [-0.25, -0.2) is 13.9 Å². The fourth-order valence-electron chi connectivity index (χ4n) is 2.73. The van der Waals surface area contributed by atoms with E-state index >= 15 is 0 Å². The van der Waals surface area contributed by atoms with Crippen molar-refractivity contribution in [1.29, 1.82) is 0 Å². The predicted octanol–water partition coefficient (Wildman–Crippen LogP) is 3.25. The maximum Gasteiger partial charge on any atom is 0.274 e. The fourth-order valence-corrected chi connectivity index (χ4v) is 4.45. The molecule has 3 rings (SSSR count). The number of sulfonamides is 1. The first-order valence-electron chi connectivity index (χ1n) is 8.58. The highest BCUT2D eigenvalue weighted by molar-refractivity contribution is 7.89. The minimum Gasteiger partial charge on any atom is -0.288 e. The number of rotatable bonds is 7. The molecule has 0 bridgehead atoms. The molecule has 0 spiro atoms. The predicted molar refractivity (Wildman–Crippen MR) is 108 cm³/mol. The van der Waals surface area contributed by atoms with E-state index in [1.54, 1.807) is 54.3 Å². The molecule has 0 aliphatic carbocycles. The Labute approximate surface area is 173 Å². The number of benzene rings is 2. The van der Waals surface area contributed by atoms with Crippen molar-refractivity contribution in [3.8, 4) is 0 Å². The molecule has 3 aromatic rings. The third-order valence-electron chi connectivity index (χ3n) is 4.19. The van der Waals surface area contributed by atoms with Crippen molar-refractivity contribution in [1.82, 2.24) is 14.8 Å². The average molecular weight is 432 g/mol. The van der Waals surface area contributed by atoms with Gasteiger partial charge in [-0.1, -0.05) is 35.9 Å². The van der Waals surface area contributed by atoms with Crippen molar-refractivity contribution in [2.24, 2.45) is 0 Å². The second-order valence-corrected chi connectivity index (χ2v) is 8.60. The van der Waals surface area contributed by atoms with Crippen LogP contribution in [0.2, 0.25) is 5.02 Å². The van der Waals surface area contributed by atoms with Gasteiger partial charge in [-0.3, -0.25) is 15.0 Å². The topological polar surface area (TPSA) is 99.6 Å². The van der Waals surface area contributed by atoms with Gasteiger partial charge in [0.2, 0.25) is 10.0 Å². The zero-order chi connectivity index (χ0) is 20.9. The average Bonchev–Trinajstić information content (AvgIpc) is 2.74. The van der Waals surface area contributed by atoms with Crippen molar-refractivity contribution in [3.05, 3.63) is 94.8 Å². The molecular formula is C20H18ClN3O4S. The van der Waals surface area contributed by atoms with Gasteiger partial charge >= 0.3 is 0 Å². The van der Waals surface area contributed by atoms with Crippen LogP contribution in [0, 0.1) is 0 Å². The van der Waals surface area contributed by atoms with Gasteiger partial charge in [0, 0.05) is 36.1 Å². The molecule has 9 heteroatoms. The SMILES string of the molecule is O=C(NO)c1ccc(CN(Cc2cccnc2)S(=O)(=O)c2cccc(Cl)c2)cc1. The molecule has 29 heavy (non-hydrogen) atoms. The normalized spacial score (nSPS) is 11.4. The summed E-state index contributed by atoms with van der Waals surface area (Å²) in [4.78, 5) is 15.6. The molecular weight excluding hydrogens is 414 g/mol. The van der Waals surface area contributed by atoms with Gasteiger partial charge in [-0.05, 0) is 47.5 Å². The molecule has 0 fully saturated rings. The number of carbonyl (C=O) groups is 1. The van der Waals surface area contributed by atoms with E-state index in [4.69, 9.17) is 16.8 Å². The van der Waals surface area contributed by atoms with Gasteiger partial charge in [-0.2, -0.15) is 4.31 Å². The Kier molecular flexibility index (Phi) is 6.60. The van der Waals surface area contributed by atoms with Crippen LogP contribution in [0.3, 0.4) is 0 Å². The second-order valence-electron chi connectivity index (χ2n) is 6.23. The molecule has 0 aliphatic rings. The maximum atomic E-state index is 13.3. The van der Waals surface area contributed by atoms with E-state index in [1.807, 2.05) is 0 Å². The van der Waals surface area contributed by atoms with Gasteiger partial charge < -0.3 is 0 Å². The smallest absolute Gasteiger partial charge is 0.274 e. The molecule has 0 saturated heterocycles. The summed E-state index contributed by atoms with van der Waals surface area (Å²) in [7, 11) is -3.85. The summed E-state index contributed by atoms with van der Waals surface area (Å²) in [5.74, 6) is -0.643. The summed E-state index contributed by atoms with van der Waals surface area (Å²) in [6, 6.07) is 15.9.